The maximum Gasteiger partial charge on any atom is 0.314 e. The fraction of sp³-hybridized carbons (Fsp3) is 0.438. The molecule has 110 valence electrons. The van der Waals surface area contributed by atoms with Gasteiger partial charge in [-0.1, -0.05) is 24.3 Å². The molecule has 1 unspecified atom stereocenters. The first-order chi connectivity index (χ1) is 10.2. The van der Waals surface area contributed by atoms with E-state index in [1.165, 1.54) is 6.33 Å². The fourth-order valence-electron chi connectivity index (χ4n) is 3.36. The highest BCUT2D eigenvalue weighted by Crippen LogP contribution is 2.40. The third kappa shape index (κ3) is 2.22. The number of hydrogen-bond donors (Lipinski definition) is 1. The molecule has 0 bridgehead atoms. The van der Waals surface area contributed by atoms with Crippen molar-refractivity contribution < 1.29 is 9.90 Å². The number of aliphatic carboxylic acids is 1. The van der Waals surface area contributed by atoms with Gasteiger partial charge in [-0.3, -0.25) is 9.48 Å². The number of carboxylic acids is 1. The maximum absolute atomic E-state index is 12.1. The summed E-state index contributed by atoms with van der Waals surface area (Å²) < 4.78 is 1.78. The van der Waals surface area contributed by atoms with Crippen LogP contribution in [0.25, 0.3) is 0 Å². The van der Waals surface area contributed by atoms with Crippen molar-refractivity contribution in [2.24, 2.45) is 0 Å². The number of aromatic nitrogens is 3. The second-order valence-electron chi connectivity index (χ2n) is 5.57. The van der Waals surface area contributed by atoms with Crippen molar-refractivity contribution in [2.45, 2.75) is 44.6 Å². The summed E-state index contributed by atoms with van der Waals surface area (Å²) in [4.78, 5) is 16.4. The van der Waals surface area contributed by atoms with Gasteiger partial charge >= 0.3 is 5.97 Å². The third-order valence-corrected chi connectivity index (χ3v) is 4.45. The highest BCUT2D eigenvalue weighted by Gasteiger charge is 2.44. The van der Waals surface area contributed by atoms with Gasteiger partial charge < -0.3 is 5.11 Å². The molecular weight excluding hydrogens is 266 g/mol. The van der Waals surface area contributed by atoms with Crippen LogP contribution in [0, 0.1) is 0 Å². The Bertz CT molecular complexity index is 665. The molecule has 0 spiro atoms. The summed E-state index contributed by atoms with van der Waals surface area (Å²) in [5, 5.41) is 14.1. The lowest BCUT2D eigenvalue weighted by atomic mass is 9.68. The minimum Gasteiger partial charge on any atom is -0.481 e. The normalized spacial score (nSPS) is 21.0. The summed E-state index contributed by atoms with van der Waals surface area (Å²) >= 11 is 0. The lowest BCUT2D eigenvalue weighted by molar-refractivity contribution is -0.144. The van der Waals surface area contributed by atoms with Gasteiger partial charge in [0.15, 0.2) is 0 Å². The van der Waals surface area contributed by atoms with Gasteiger partial charge in [-0.25, -0.2) is 4.98 Å². The Morgan fingerprint density at radius 3 is 3.00 bits per heavy atom. The van der Waals surface area contributed by atoms with Gasteiger partial charge in [0.2, 0.25) is 0 Å². The Morgan fingerprint density at radius 2 is 2.24 bits per heavy atom. The summed E-state index contributed by atoms with van der Waals surface area (Å²) in [6.45, 7) is 2.69. The number of fused-ring (bicyclic) bond motifs is 1. The van der Waals surface area contributed by atoms with Gasteiger partial charge in [0.05, 0.1) is 0 Å². The monoisotopic (exact) mass is 285 g/mol. The second kappa shape index (κ2) is 5.31. The molecule has 1 aromatic heterocycles. The average Bonchev–Trinajstić information content (AvgIpc) is 2.94. The Morgan fingerprint density at radius 1 is 1.43 bits per heavy atom. The maximum atomic E-state index is 12.1. The molecule has 0 radical (unpaired) electrons. The molecule has 0 fully saturated rings. The average molecular weight is 285 g/mol. The van der Waals surface area contributed by atoms with Gasteiger partial charge in [-0.15, -0.1) is 0 Å². The summed E-state index contributed by atoms with van der Waals surface area (Å²) in [5.74, 6) is -0.0168. The lowest BCUT2D eigenvalue weighted by Crippen LogP contribution is -2.42. The van der Waals surface area contributed by atoms with E-state index in [0.29, 0.717) is 19.4 Å². The molecule has 0 saturated heterocycles. The first-order valence-electron chi connectivity index (χ1n) is 7.36. The Labute approximate surface area is 123 Å². The van der Waals surface area contributed by atoms with Gasteiger partial charge in [0.1, 0.15) is 17.6 Å². The van der Waals surface area contributed by atoms with Crippen molar-refractivity contribution in [3.63, 3.8) is 0 Å². The number of carboxylic acid groups (broad SMARTS) is 1. The molecule has 3 rings (SSSR count). The van der Waals surface area contributed by atoms with Crippen LogP contribution in [0.2, 0.25) is 0 Å². The molecule has 5 nitrogen and oxygen atoms in total. The first-order valence-corrected chi connectivity index (χ1v) is 7.36. The van der Waals surface area contributed by atoms with Gasteiger partial charge in [0, 0.05) is 13.0 Å². The number of aryl methyl sites for hydroxylation is 2. The van der Waals surface area contributed by atoms with Crippen LogP contribution in [0.15, 0.2) is 30.6 Å². The zero-order valence-electron chi connectivity index (χ0n) is 12.1. The largest absolute Gasteiger partial charge is 0.481 e. The number of carbonyl (C=O) groups is 1. The van der Waals surface area contributed by atoms with Crippen molar-refractivity contribution in [1.82, 2.24) is 14.8 Å². The topological polar surface area (TPSA) is 68.0 Å². The van der Waals surface area contributed by atoms with Crippen LogP contribution < -0.4 is 0 Å². The quantitative estimate of drug-likeness (QED) is 0.935. The molecular formula is C16H19N3O2. The van der Waals surface area contributed by atoms with Crippen LogP contribution in [0.4, 0.5) is 0 Å². The predicted molar refractivity (Wildman–Crippen MR) is 78.1 cm³/mol. The Kier molecular flexibility index (Phi) is 3.49. The van der Waals surface area contributed by atoms with E-state index in [1.807, 2.05) is 31.2 Å². The number of nitrogens with zero attached hydrogens (tertiary/aromatic N) is 3. The zero-order chi connectivity index (χ0) is 14.9. The SMILES string of the molecule is CCn1ncnc1CC1(C(=O)O)CCCc2ccccc21. The number of hydrogen-bond acceptors (Lipinski definition) is 3. The Balaban J connectivity index is 2.08. The van der Waals surface area contributed by atoms with Crippen molar-refractivity contribution >= 4 is 5.97 Å². The second-order valence-corrected chi connectivity index (χ2v) is 5.57. The first kappa shape index (κ1) is 13.8. The Hall–Kier alpha value is -2.17. The van der Waals surface area contributed by atoms with Crippen molar-refractivity contribution in [3.05, 3.63) is 47.5 Å². The number of rotatable bonds is 4. The van der Waals surface area contributed by atoms with Gasteiger partial charge in [-0.05, 0) is 37.3 Å². The molecule has 0 amide bonds. The van der Waals surface area contributed by atoms with E-state index in [-0.39, 0.29) is 0 Å². The minimum atomic E-state index is -0.880. The highest BCUT2D eigenvalue weighted by atomic mass is 16.4. The molecule has 1 aromatic carbocycles. The zero-order valence-corrected chi connectivity index (χ0v) is 12.1. The van der Waals surface area contributed by atoms with Crippen molar-refractivity contribution in [3.8, 4) is 0 Å². The smallest absolute Gasteiger partial charge is 0.314 e. The molecule has 0 saturated carbocycles. The molecule has 1 heterocycles. The predicted octanol–water partition coefficient (Wildman–Crippen LogP) is 2.20. The lowest BCUT2D eigenvalue weighted by Gasteiger charge is -2.35. The summed E-state index contributed by atoms with van der Waals surface area (Å²) in [5.41, 5.74) is 1.21. The van der Waals surface area contributed by atoms with Gasteiger partial charge in [-0.2, -0.15) is 5.10 Å². The molecule has 1 aliphatic rings. The molecule has 0 aliphatic heterocycles. The summed E-state index contributed by atoms with van der Waals surface area (Å²) in [6.07, 6.45) is 4.39. The van der Waals surface area contributed by atoms with E-state index in [2.05, 4.69) is 10.1 Å². The van der Waals surface area contributed by atoms with E-state index in [9.17, 15) is 9.90 Å². The van der Waals surface area contributed by atoms with Crippen LogP contribution in [0.3, 0.4) is 0 Å². The minimum absolute atomic E-state index is 0.396. The van der Waals surface area contributed by atoms with E-state index in [0.717, 1.165) is 29.8 Å². The van der Waals surface area contributed by atoms with Gasteiger partial charge in [0.25, 0.3) is 0 Å². The highest BCUT2D eigenvalue weighted by molar-refractivity contribution is 5.82. The van der Waals surface area contributed by atoms with Crippen LogP contribution in [-0.2, 0) is 29.6 Å². The molecule has 21 heavy (non-hydrogen) atoms. The van der Waals surface area contributed by atoms with Crippen molar-refractivity contribution in [2.75, 3.05) is 0 Å². The third-order valence-electron chi connectivity index (χ3n) is 4.45. The molecule has 1 aliphatic carbocycles. The summed E-state index contributed by atoms with van der Waals surface area (Å²) in [7, 11) is 0. The van der Waals surface area contributed by atoms with Crippen LogP contribution >= 0.6 is 0 Å². The van der Waals surface area contributed by atoms with E-state index in [4.69, 9.17) is 0 Å². The standard InChI is InChI=1S/C16H19N3O2/c1-2-19-14(17-11-18-19)10-16(15(20)21)9-5-7-12-6-3-4-8-13(12)16/h3-4,6,8,11H,2,5,7,9-10H2,1H3,(H,20,21). The molecule has 1 atom stereocenters. The van der Waals surface area contributed by atoms with Crippen LogP contribution in [0.1, 0.15) is 36.7 Å². The molecule has 2 aromatic rings. The number of benzene rings is 1. The van der Waals surface area contributed by atoms with Crippen LogP contribution in [-0.4, -0.2) is 25.8 Å². The van der Waals surface area contributed by atoms with E-state index < -0.39 is 11.4 Å². The van der Waals surface area contributed by atoms with Crippen LogP contribution in [0.5, 0.6) is 0 Å². The van der Waals surface area contributed by atoms with E-state index >= 15 is 0 Å². The molecule has 1 N–H and O–H groups in total. The fourth-order valence-corrected chi connectivity index (χ4v) is 3.36. The van der Waals surface area contributed by atoms with Crippen molar-refractivity contribution in [1.29, 1.82) is 0 Å². The molecule has 5 heteroatoms. The summed E-state index contributed by atoms with van der Waals surface area (Å²) in [6, 6.07) is 7.89. The van der Waals surface area contributed by atoms with E-state index in [1.54, 1.807) is 4.68 Å².